The number of rotatable bonds is 12. The van der Waals surface area contributed by atoms with Gasteiger partial charge in [0.15, 0.2) is 16.1 Å². The summed E-state index contributed by atoms with van der Waals surface area (Å²) in [6.45, 7) is 5.70. The molecule has 6 aromatic heterocycles. The first-order valence-corrected chi connectivity index (χ1v) is 35.0. The Morgan fingerprint density at radius 2 is 0.800 bits per heavy atom. The fourth-order valence-electron chi connectivity index (χ4n) is 11.9. The highest BCUT2D eigenvalue weighted by Gasteiger charge is 2.22. The smallest absolute Gasteiger partial charge is 0.252 e. The SMILES string of the molecule is C1CCNCC1.NCc1ccc2[nH]ncc2c1.O=C(Cl)c1ccc2nc(Cl)c(-c3ccc(F)cc3)nc2c1.O=C(NCc1ccc2[nH]ncc2c1)c1ccc2nc(Cl)c(-c3ccc(F)cc3)nc2c1.O=C(NCc1ccc2[nH]ncc2c1)c1ccc2nc(N3CCCCC3)c(-c3ccc(F)cc3)nc2c1. The molecule has 0 aliphatic carbocycles. The number of fused-ring (bicyclic) bond motifs is 6. The van der Waals surface area contributed by atoms with Crippen LogP contribution in [0.3, 0.4) is 0 Å². The van der Waals surface area contributed by atoms with E-state index >= 15 is 0 Å². The average molecular weight is 1470 g/mol. The van der Waals surface area contributed by atoms with E-state index in [0.29, 0.717) is 92.1 Å². The number of benzene rings is 9. The number of carbonyl (C=O) groups excluding carboxylic acids is 3. The van der Waals surface area contributed by atoms with Gasteiger partial charge in [0, 0.05) is 82.3 Å². The highest BCUT2D eigenvalue weighted by molar-refractivity contribution is 6.67. The number of hydrogen-bond acceptors (Lipinski definition) is 15. The average Bonchev–Trinajstić information content (AvgIpc) is 1.29. The van der Waals surface area contributed by atoms with Gasteiger partial charge in [-0.15, -0.1) is 0 Å². The van der Waals surface area contributed by atoms with Crippen molar-refractivity contribution in [3.05, 3.63) is 262 Å². The molecule has 2 saturated heterocycles. The predicted octanol–water partition coefficient (Wildman–Crippen LogP) is 16.4. The summed E-state index contributed by atoms with van der Waals surface area (Å²) in [6.07, 6.45) is 12.9. The van der Waals surface area contributed by atoms with E-state index in [1.165, 1.54) is 75.2 Å². The molecule has 528 valence electrons. The summed E-state index contributed by atoms with van der Waals surface area (Å²) in [7, 11) is 0. The number of piperidine rings is 2. The summed E-state index contributed by atoms with van der Waals surface area (Å²) >= 11 is 17.9. The van der Waals surface area contributed by atoms with Gasteiger partial charge in [-0.1, -0.05) is 47.8 Å². The number of amides is 2. The highest BCUT2D eigenvalue weighted by atomic mass is 35.5. The van der Waals surface area contributed by atoms with Crippen molar-refractivity contribution < 1.29 is 27.6 Å². The lowest BCUT2D eigenvalue weighted by atomic mass is 10.1. The molecule has 0 unspecified atom stereocenters. The minimum atomic E-state index is -0.572. The Morgan fingerprint density at radius 3 is 1.21 bits per heavy atom. The van der Waals surface area contributed by atoms with Gasteiger partial charge >= 0.3 is 0 Å². The number of aromatic nitrogens is 12. The van der Waals surface area contributed by atoms with Gasteiger partial charge in [0.05, 0.1) is 68.2 Å². The molecular formula is C79H67Cl3F3N17O3. The van der Waals surface area contributed by atoms with Gasteiger partial charge in [0.25, 0.3) is 17.1 Å². The third-order valence-electron chi connectivity index (χ3n) is 17.5. The largest absolute Gasteiger partial charge is 0.355 e. The van der Waals surface area contributed by atoms with Crippen molar-refractivity contribution in [2.75, 3.05) is 31.1 Å². The monoisotopic (exact) mass is 1460 g/mol. The van der Waals surface area contributed by atoms with E-state index in [0.717, 1.165) is 92.2 Å². The molecule has 26 heteroatoms. The third-order valence-corrected chi connectivity index (χ3v) is 18.3. The molecule has 8 heterocycles. The van der Waals surface area contributed by atoms with Gasteiger partial charge in [-0.05, 0) is 237 Å². The van der Waals surface area contributed by atoms with E-state index in [1.54, 1.807) is 104 Å². The van der Waals surface area contributed by atoms with E-state index in [1.807, 2.05) is 60.7 Å². The summed E-state index contributed by atoms with van der Waals surface area (Å²) in [5, 5.41) is 32.8. The number of carbonyl (C=O) groups is 3. The van der Waals surface area contributed by atoms with Gasteiger partial charge < -0.3 is 26.6 Å². The number of nitrogens with zero attached hydrogens (tertiary/aromatic N) is 10. The number of halogens is 6. The quantitative estimate of drug-likeness (QED) is 0.0560. The molecule has 0 radical (unpaired) electrons. The Kier molecular flexibility index (Phi) is 23.0. The molecule has 105 heavy (non-hydrogen) atoms. The lowest BCUT2D eigenvalue weighted by Crippen LogP contribution is -2.31. The lowest BCUT2D eigenvalue weighted by molar-refractivity contribution is 0.0943. The van der Waals surface area contributed by atoms with Crippen LogP contribution >= 0.6 is 34.8 Å². The summed E-state index contributed by atoms with van der Waals surface area (Å²) in [5.74, 6) is -0.597. The standard InChI is InChI=1S/C28H25FN6O.C23H15ClFN5O.C15H7Cl2FN2O.C8H9N3.C5H11N/c29-22-8-5-19(6-9-22)26-27(35-12-2-1-3-13-35)33-24-11-7-20(15-25(24)32-26)28(36)30-16-18-4-10-23-21(14-18)17-31-34-23;24-22-21(14-2-5-17(25)6-3-14)28-20-10-15(4-8-19(20)29-22)23(31)26-11-13-1-7-18-16(9-13)12-27-30-18;16-14-13(8-1-4-10(18)5-2-8)19-12-7-9(15(17)21)3-6-11(12)20-14;9-4-6-1-2-8-7(3-6)5-10-11-8;1-2-4-6-5-3-1/h4-11,14-15,17H,1-3,12-13,16H2,(H,30,36)(H,31,34);1-10,12H,11H2,(H,26,31)(H,27,30);1-7H;1-3,5H,4,9H2,(H,10,11);6H,1-5H2. The molecule has 0 spiro atoms. The maximum Gasteiger partial charge on any atom is 0.252 e. The Bertz CT molecular complexity index is 5590. The van der Waals surface area contributed by atoms with Crippen LogP contribution < -0.4 is 26.6 Å². The zero-order chi connectivity index (χ0) is 72.8. The number of nitrogens with one attached hydrogen (secondary N) is 6. The molecule has 17 rings (SSSR count). The van der Waals surface area contributed by atoms with Crippen LogP contribution in [0.2, 0.25) is 10.3 Å². The third kappa shape index (κ3) is 18.1. The molecule has 0 atom stereocenters. The fraction of sp³-hybridized carbons (Fsp3) is 0.165. The van der Waals surface area contributed by atoms with Crippen molar-refractivity contribution >= 4 is 123 Å². The van der Waals surface area contributed by atoms with Crippen LogP contribution in [0, 0.1) is 17.5 Å². The number of aromatic amines is 3. The van der Waals surface area contributed by atoms with Crippen molar-refractivity contribution in [1.29, 1.82) is 0 Å². The second kappa shape index (κ2) is 33.7. The van der Waals surface area contributed by atoms with E-state index < -0.39 is 5.24 Å². The van der Waals surface area contributed by atoms with Crippen molar-refractivity contribution in [3.63, 3.8) is 0 Å². The number of anilines is 1. The van der Waals surface area contributed by atoms with Crippen LogP contribution in [0.25, 0.3) is 99.6 Å². The first kappa shape index (κ1) is 71.8. The number of hydrogen-bond donors (Lipinski definition) is 7. The zero-order valence-electron chi connectivity index (χ0n) is 56.3. The Hall–Kier alpha value is -11.6. The van der Waals surface area contributed by atoms with Crippen LogP contribution in [0.4, 0.5) is 19.0 Å². The Balaban J connectivity index is 0.000000128. The molecule has 0 bridgehead atoms. The summed E-state index contributed by atoms with van der Waals surface area (Å²) in [6, 6.07) is 50.9. The first-order valence-electron chi connectivity index (χ1n) is 33.9. The molecule has 2 amide bonds. The second-order valence-electron chi connectivity index (χ2n) is 24.8. The van der Waals surface area contributed by atoms with Crippen LogP contribution in [0.5, 0.6) is 0 Å². The number of nitrogens with two attached hydrogens (primary N) is 1. The van der Waals surface area contributed by atoms with E-state index in [9.17, 15) is 27.6 Å². The maximum absolute atomic E-state index is 13.6. The molecule has 9 aromatic carbocycles. The molecule has 20 nitrogen and oxygen atoms in total. The fourth-order valence-corrected chi connectivity index (χ4v) is 12.5. The summed E-state index contributed by atoms with van der Waals surface area (Å²) in [4.78, 5) is 66.5. The minimum absolute atomic E-state index is 0.186. The Morgan fingerprint density at radius 1 is 0.419 bits per heavy atom. The molecule has 2 fully saturated rings. The Labute approximate surface area is 614 Å². The van der Waals surface area contributed by atoms with E-state index in [4.69, 9.17) is 50.5 Å². The first-order chi connectivity index (χ1) is 51.1. The second-order valence-corrected chi connectivity index (χ2v) is 25.9. The van der Waals surface area contributed by atoms with Gasteiger partial charge in [0.2, 0.25) is 0 Å². The minimum Gasteiger partial charge on any atom is -0.355 e. The lowest BCUT2D eigenvalue weighted by Gasteiger charge is -2.29. The normalized spacial score (nSPS) is 12.7. The molecule has 15 aromatic rings. The molecular weight excluding hydrogens is 1400 g/mol. The van der Waals surface area contributed by atoms with Crippen LogP contribution in [-0.4, -0.2) is 104 Å². The van der Waals surface area contributed by atoms with Crippen molar-refractivity contribution in [2.45, 2.75) is 58.2 Å². The highest BCUT2D eigenvalue weighted by Crippen LogP contribution is 2.34. The molecule has 2 aliphatic heterocycles. The van der Waals surface area contributed by atoms with Crippen LogP contribution in [-0.2, 0) is 19.6 Å². The molecule has 8 N–H and O–H groups in total. The topological polar surface area (TPSA) is 280 Å². The van der Waals surface area contributed by atoms with Gasteiger partial charge in [-0.3, -0.25) is 29.7 Å². The van der Waals surface area contributed by atoms with Gasteiger partial charge in [0.1, 0.15) is 34.5 Å². The van der Waals surface area contributed by atoms with Gasteiger partial charge in [-0.2, -0.15) is 15.3 Å². The zero-order valence-corrected chi connectivity index (χ0v) is 58.6. The van der Waals surface area contributed by atoms with Crippen molar-refractivity contribution in [1.82, 2.24) is 76.4 Å². The molecule has 0 saturated carbocycles. The summed E-state index contributed by atoms with van der Waals surface area (Å²) < 4.78 is 39.8. The van der Waals surface area contributed by atoms with Gasteiger partial charge in [-0.25, -0.2) is 43.1 Å². The maximum atomic E-state index is 13.6. The number of H-pyrrole nitrogens is 3. The van der Waals surface area contributed by atoms with E-state index in [-0.39, 0.29) is 39.6 Å². The summed E-state index contributed by atoms with van der Waals surface area (Å²) in [5.41, 5.74) is 19.9. The molecule has 2 aliphatic rings. The predicted molar refractivity (Wildman–Crippen MR) is 406 cm³/mol. The van der Waals surface area contributed by atoms with Crippen LogP contribution in [0.15, 0.2) is 201 Å². The van der Waals surface area contributed by atoms with E-state index in [2.05, 4.69) is 71.4 Å². The van der Waals surface area contributed by atoms with Crippen molar-refractivity contribution in [2.24, 2.45) is 5.73 Å². The van der Waals surface area contributed by atoms with Crippen LogP contribution in [0.1, 0.15) is 86.3 Å². The van der Waals surface area contributed by atoms with Crippen molar-refractivity contribution in [3.8, 4) is 33.8 Å².